The Bertz CT molecular complexity index is 1720. The van der Waals surface area contributed by atoms with Crippen LogP contribution in [0.25, 0.3) is 32.9 Å². The van der Waals surface area contributed by atoms with E-state index in [2.05, 4.69) is 36.4 Å². The van der Waals surface area contributed by atoms with Gasteiger partial charge < -0.3 is 4.57 Å². The first-order valence-corrected chi connectivity index (χ1v) is 13.7. The van der Waals surface area contributed by atoms with Crippen LogP contribution in [0.15, 0.2) is 115 Å². The summed E-state index contributed by atoms with van der Waals surface area (Å²) in [7, 11) is -3.01. The second-order valence-corrected chi connectivity index (χ2v) is 11.9. The SMILES string of the molecule is Cc1ccc2ccc3c(-c4ccc(P(=O)(c5ccccc5)c5ccccc5)cc4)cc(C)nc3c2n1. The molecule has 2 aromatic heterocycles. The van der Waals surface area contributed by atoms with Gasteiger partial charge in [-0.3, -0.25) is 9.97 Å². The molecule has 2 heterocycles. The van der Waals surface area contributed by atoms with Crippen molar-refractivity contribution in [1.29, 1.82) is 0 Å². The van der Waals surface area contributed by atoms with E-state index in [9.17, 15) is 4.57 Å². The molecule has 4 heteroatoms. The van der Waals surface area contributed by atoms with Crippen LogP contribution in [0.2, 0.25) is 0 Å². The minimum Gasteiger partial charge on any atom is -0.309 e. The molecule has 36 heavy (non-hydrogen) atoms. The lowest BCUT2D eigenvalue weighted by atomic mass is 9.99. The van der Waals surface area contributed by atoms with Gasteiger partial charge in [0.25, 0.3) is 0 Å². The van der Waals surface area contributed by atoms with Crippen molar-refractivity contribution < 1.29 is 4.57 Å². The molecule has 0 N–H and O–H groups in total. The van der Waals surface area contributed by atoms with Crippen molar-refractivity contribution in [2.24, 2.45) is 0 Å². The highest BCUT2D eigenvalue weighted by Gasteiger charge is 2.29. The van der Waals surface area contributed by atoms with Crippen LogP contribution >= 0.6 is 7.14 Å². The summed E-state index contributed by atoms with van der Waals surface area (Å²) in [4.78, 5) is 9.65. The third-order valence-corrected chi connectivity index (χ3v) is 9.76. The summed E-state index contributed by atoms with van der Waals surface area (Å²) >= 11 is 0. The molecule has 0 bridgehead atoms. The molecule has 0 aliphatic rings. The maximum absolute atomic E-state index is 14.7. The van der Waals surface area contributed by atoms with E-state index in [1.54, 1.807) is 0 Å². The molecule has 0 spiro atoms. The largest absolute Gasteiger partial charge is 0.309 e. The van der Waals surface area contributed by atoms with E-state index in [4.69, 9.17) is 9.97 Å². The van der Waals surface area contributed by atoms with Gasteiger partial charge in [-0.2, -0.15) is 0 Å². The maximum Gasteiger partial charge on any atom is 0.171 e. The summed E-state index contributed by atoms with van der Waals surface area (Å²) in [6.07, 6.45) is 0. The standard InChI is InChI=1S/C32H25N2OP/c1-22-13-14-25-17-20-29-30(21-23(2)34-32(29)31(25)33-22)24-15-18-28(19-16-24)36(35,26-9-5-3-6-10-26)27-11-7-4-8-12-27/h3-21H,1-2H3. The van der Waals surface area contributed by atoms with Crippen molar-refractivity contribution in [3.8, 4) is 11.1 Å². The number of rotatable bonds is 4. The van der Waals surface area contributed by atoms with Gasteiger partial charge >= 0.3 is 0 Å². The molecular weight excluding hydrogens is 459 g/mol. The fraction of sp³-hybridized carbons (Fsp3) is 0.0625. The van der Waals surface area contributed by atoms with Gasteiger partial charge in [-0.25, -0.2) is 0 Å². The summed E-state index contributed by atoms with van der Waals surface area (Å²) in [6.45, 7) is 4.02. The predicted molar refractivity (Wildman–Crippen MR) is 151 cm³/mol. The fourth-order valence-corrected chi connectivity index (χ4v) is 7.56. The van der Waals surface area contributed by atoms with Gasteiger partial charge in [0, 0.05) is 38.1 Å². The van der Waals surface area contributed by atoms with Crippen LogP contribution in [0.5, 0.6) is 0 Å². The van der Waals surface area contributed by atoms with Crippen LogP contribution in [0.1, 0.15) is 11.4 Å². The maximum atomic E-state index is 14.7. The zero-order valence-electron chi connectivity index (χ0n) is 20.2. The van der Waals surface area contributed by atoms with Gasteiger partial charge in [0.1, 0.15) is 0 Å². The van der Waals surface area contributed by atoms with Gasteiger partial charge in [-0.15, -0.1) is 0 Å². The van der Waals surface area contributed by atoms with E-state index in [0.717, 1.165) is 60.2 Å². The van der Waals surface area contributed by atoms with Crippen LogP contribution in [0.3, 0.4) is 0 Å². The molecule has 174 valence electrons. The van der Waals surface area contributed by atoms with E-state index in [0.29, 0.717) is 0 Å². The average molecular weight is 485 g/mol. The van der Waals surface area contributed by atoms with Gasteiger partial charge in [0.15, 0.2) is 7.14 Å². The number of fused-ring (bicyclic) bond motifs is 3. The molecule has 0 fully saturated rings. The first-order chi connectivity index (χ1) is 17.5. The summed E-state index contributed by atoms with van der Waals surface area (Å²) in [6, 6.07) is 38.2. The lowest BCUT2D eigenvalue weighted by Gasteiger charge is -2.20. The smallest absolute Gasteiger partial charge is 0.171 e. The van der Waals surface area contributed by atoms with E-state index in [1.807, 2.05) is 92.7 Å². The van der Waals surface area contributed by atoms with Crippen LogP contribution in [0, 0.1) is 13.8 Å². The topological polar surface area (TPSA) is 42.9 Å². The number of nitrogens with zero attached hydrogens (tertiary/aromatic N) is 2. The summed E-state index contributed by atoms with van der Waals surface area (Å²) in [5, 5.41) is 4.64. The van der Waals surface area contributed by atoms with Crippen LogP contribution in [0.4, 0.5) is 0 Å². The molecule has 6 rings (SSSR count). The van der Waals surface area contributed by atoms with Crippen LogP contribution in [-0.2, 0) is 4.57 Å². The molecule has 0 atom stereocenters. The predicted octanol–water partition coefficient (Wildman–Crippen LogP) is 6.71. The second kappa shape index (κ2) is 8.86. The summed E-state index contributed by atoms with van der Waals surface area (Å²) in [5.41, 5.74) is 5.91. The van der Waals surface area contributed by atoms with Crippen molar-refractivity contribution in [1.82, 2.24) is 9.97 Å². The van der Waals surface area contributed by atoms with Crippen molar-refractivity contribution in [3.63, 3.8) is 0 Å². The lowest BCUT2D eigenvalue weighted by molar-refractivity contribution is 0.592. The Kier molecular flexibility index (Phi) is 5.51. The number of pyridine rings is 2. The first-order valence-electron chi connectivity index (χ1n) is 12.0. The van der Waals surface area contributed by atoms with Crippen molar-refractivity contribution in [3.05, 3.63) is 127 Å². The monoisotopic (exact) mass is 484 g/mol. The second-order valence-electron chi connectivity index (χ2n) is 9.12. The third-order valence-electron chi connectivity index (χ3n) is 6.69. The first kappa shape index (κ1) is 22.4. The van der Waals surface area contributed by atoms with Gasteiger partial charge in [-0.1, -0.05) is 103 Å². The normalized spacial score (nSPS) is 11.7. The minimum atomic E-state index is -3.01. The zero-order valence-corrected chi connectivity index (χ0v) is 21.1. The number of hydrogen-bond acceptors (Lipinski definition) is 3. The molecule has 0 amide bonds. The van der Waals surface area contributed by atoms with E-state index < -0.39 is 7.14 Å². The molecular formula is C32H25N2OP. The Morgan fingerprint density at radius 2 is 1.11 bits per heavy atom. The zero-order chi connectivity index (χ0) is 24.7. The van der Waals surface area contributed by atoms with Crippen LogP contribution in [-0.4, -0.2) is 9.97 Å². The van der Waals surface area contributed by atoms with Crippen molar-refractivity contribution in [2.45, 2.75) is 13.8 Å². The van der Waals surface area contributed by atoms with Crippen molar-refractivity contribution in [2.75, 3.05) is 0 Å². The molecule has 0 aliphatic heterocycles. The summed E-state index contributed by atoms with van der Waals surface area (Å²) in [5.74, 6) is 0. The fourth-order valence-electron chi connectivity index (χ4n) is 4.91. The van der Waals surface area contributed by atoms with Gasteiger partial charge in [0.05, 0.1) is 11.0 Å². The molecule has 0 radical (unpaired) electrons. The highest BCUT2D eigenvalue weighted by Crippen LogP contribution is 2.43. The number of hydrogen-bond donors (Lipinski definition) is 0. The third kappa shape index (κ3) is 3.73. The average Bonchev–Trinajstić information content (AvgIpc) is 2.93. The Balaban J connectivity index is 1.52. The number of benzene rings is 4. The van der Waals surface area contributed by atoms with Crippen molar-refractivity contribution >= 4 is 44.9 Å². The molecule has 0 saturated carbocycles. The highest BCUT2D eigenvalue weighted by atomic mass is 31.2. The molecule has 0 aliphatic carbocycles. The molecule has 0 unspecified atom stereocenters. The summed E-state index contributed by atoms with van der Waals surface area (Å²) < 4.78 is 14.7. The van der Waals surface area contributed by atoms with E-state index in [-0.39, 0.29) is 0 Å². The lowest BCUT2D eigenvalue weighted by Crippen LogP contribution is -2.24. The number of aryl methyl sites for hydroxylation is 2. The molecule has 6 aromatic rings. The van der Waals surface area contributed by atoms with Crippen LogP contribution < -0.4 is 15.9 Å². The van der Waals surface area contributed by atoms with E-state index >= 15 is 0 Å². The van der Waals surface area contributed by atoms with Gasteiger partial charge in [-0.05, 0) is 37.1 Å². The number of aromatic nitrogens is 2. The molecule has 3 nitrogen and oxygen atoms in total. The minimum absolute atomic E-state index is 0.821. The Morgan fingerprint density at radius 3 is 1.75 bits per heavy atom. The highest BCUT2D eigenvalue weighted by molar-refractivity contribution is 7.85. The van der Waals surface area contributed by atoms with E-state index in [1.165, 1.54) is 0 Å². The molecule has 0 saturated heterocycles. The quantitative estimate of drug-likeness (QED) is 0.206. The Labute approximate surface area is 210 Å². The Morgan fingerprint density at radius 1 is 0.556 bits per heavy atom. The Hall–Kier alpha value is -4.07. The van der Waals surface area contributed by atoms with Gasteiger partial charge in [0.2, 0.25) is 0 Å². The molecule has 4 aromatic carbocycles.